The maximum absolute atomic E-state index is 12.8. The van der Waals surface area contributed by atoms with Crippen LogP contribution in [0.15, 0.2) is 10.9 Å². The molecule has 1 amide bonds. The standard InChI is InChI=1S/C15H17F3N2O2/c16-15(17,18)10-4-2-6-20(8-10)14(22)11-7-9-3-1-5-12(9)19-13(11)21/h7,10H,1-6,8H2,(H,19,21). The fourth-order valence-electron chi connectivity index (χ4n) is 3.27. The van der Waals surface area contributed by atoms with Crippen LogP contribution in [-0.4, -0.2) is 35.1 Å². The van der Waals surface area contributed by atoms with Crippen molar-refractivity contribution in [2.24, 2.45) is 5.92 Å². The van der Waals surface area contributed by atoms with E-state index in [0.29, 0.717) is 6.42 Å². The minimum Gasteiger partial charge on any atom is -0.338 e. The van der Waals surface area contributed by atoms with Gasteiger partial charge in [0, 0.05) is 18.8 Å². The van der Waals surface area contributed by atoms with Gasteiger partial charge in [0.2, 0.25) is 0 Å². The van der Waals surface area contributed by atoms with Crippen molar-refractivity contribution < 1.29 is 18.0 Å². The van der Waals surface area contributed by atoms with Crippen LogP contribution < -0.4 is 5.56 Å². The summed E-state index contributed by atoms with van der Waals surface area (Å²) in [6.07, 6.45) is -1.48. The van der Waals surface area contributed by atoms with Gasteiger partial charge in [-0.1, -0.05) is 0 Å². The van der Waals surface area contributed by atoms with Gasteiger partial charge in [0.15, 0.2) is 0 Å². The van der Waals surface area contributed by atoms with E-state index in [0.717, 1.165) is 35.4 Å². The molecular formula is C15H17F3N2O2. The Kier molecular flexibility index (Phi) is 3.74. The molecule has 1 aliphatic carbocycles. The number of likely N-dealkylation sites (tertiary alicyclic amines) is 1. The predicted octanol–water partition coefficient (Wildman–Crippen LogP) is 2.28. The fourth-order valence-corrected chi connectivity index (χ4v) is 3.27. The van der Waals surface area contributed by atoms with Crippen molar-refractivity contribution in [1.82, 2.24) is 9.88 Å². The minimum absolute atomic E-state index is 0.0355. The van der Waals surface area contributed by atoms with E-state index in [1.165, 1.54) is 0 Å². The molecular weight excluding hydrogens is 297 g/mol. The lowest BCUT2D eigenvalue weighted by Crippen LogP contribution is -2.45. The molecule has 1 saturated heterocycles. The smallest absolute Gasteiger partial charge is 0.338 e. The third-order valence-corrected chi connectivity index (χ3v) is 4.49. The first-order chi connectivity index (χ1) is 10.4. The molecule has 1 unspecified atom stereocenters. The Labute approximate surface area is 125 Å². The van der Waals surface area contributed by atoms with Crippen LogP contribution in [0.5, 0.6) is 0 Å². The Balaban J connectivity index is 1.84. The topological polar surface area (TPSA) is 53.2 Å². The first kappa shape index (κ1) is 15.1. The third-order valence-electron chi connectivity index (χ3n) is 4.49. The van der Waals surface area contributed by atoms with E-state index in [2.05, 4.69) is 4.98 Å². The number of hydrogen-bond donors (Lipinski definition) is 1. The number of piperidine rings is 1. The molecule has 0 aromatic carbocycles. The third kappa shape index (κ3) is 2.76. The van der Waals surface area contributed by atoms with Gasteiger partial charge in [0.1, 0.15) is 5.56 Å². The second kappa shape index (κ2) is 5.44. The fraction of sp³-hybridized carbons (Fsp3) is 0.600. The SMILES string of the molecule is O=C(c1cc2c([nH]c1=O)CCC2)N1CCCC(C(F)(F)F)C1. The molecule has 0 radical (unpaired) electrons. The molecule has 1 aromatic rings. The molecule has 0 spiro atoms. The number of amides is 1. The summed E-state index contributed by atoms with van der Waals surface area (Å²) in [7, 11) is 0. The highest BCUT2D eigenvalue weighted by molar-refractivity contribution is 5.94. The Morgan fingerprint density at radius 3 is 2.77 bits per heavy atom. The molecule has 7 heteroatoms. The van der Waals surface area contributed by atoms with Gasteiger partial charge in [-0.05, 0) is 43.7 Å². The summed E-state index contributed by atoms with van der Waals surface area (Å²) in [4.78, 5) is 28.3. The average molecular weight is 314 g/mol. The molecule has 1 atom stereocenters. The quantitative estimate of drug-likeness (QED) is 0.864. The summed E-state index contributed by atoms with van der Waals surface area (Å²) in [6, 6.07) is 1.56. The summed E-state index contributed by atoms with van der Waals surface area (Å²) in [5, 5.41) is 0. The van der Waals surface area contributed by atoms with Gasteiger partial charge in [0.05, 0.1) is 5.92 Å². The largest absolute Gasteiger partial charge is 0.393 e. The van der Waals surface area contributed by atoms with Gasteiger partial charge in [-0.15, -0.1) is 0 Å². The van der Waals surface area contributed by atoms with Gasteiger partial charge in [0.25, 0.3) is 11.5 Å². The summed E-state index contributed by atoms with van der Waals surface area (Å²) in [6.45, 7) is -0.0964. The van der Waals surface area contributed by atoms with E-state index < -0.39 is 23.6 Å². The van der Waals surface area contributed by atoms with Crippen LogP contribution in [0, 0.1) is 5.92 Å². The monoisotopic (exact) mass is 314 g/mol. The Bertz CT molecular complexity index is 651. The van der Waals surface area contributed by atoms with Crippen LogP contribution in [0.4, 0.5) is 13.2 Å². The van der Waals surface area contributed by atoms with Crippen molar-refractivity contribution in [2.75, 3.05) is 13.1 Å². The molecule has 1 fully saturated rings. The first-order valence-electron chi connectivity index (χ1n) is 7.47. The van der Waals surface area contributed by atoms with E-state index >= 15 is 0 Å². The molecule has 4 nitrogen and oxygen atoms in total. The number of halogens is 3. The number of alkyl halides is 3. The highest BCUT2D eigenvalue weighted by Gasteiger charge is 2.43. The Morgan fingerprint density at radius 2 is 2.05 bits per heavy atom. The molecule has 120 valence electrons. The van der Waals surface area contributed by atoms with Gasteiger partial charge in [-0.25, -0.2) is 0 Å². The number of fused-ring (bicyclic) bond motifs is 1. The van der Waals surface area contributed by atoms with Crippen LogP contribution >= 0.6 is 0 Å². The van der Waals surface area contributed by atoms with Crippen molar-refractivity contribution >= 4 is 5.91 Å². The van der Waals surface area contributed by atoms with E-state index in [-0.39, 0.29) is 25.1 Å². The maximum atomic E-state index is 12.8. The summed E-state index contributed by atoms with van der Waals surface area (Å²) in [5.41, 5.74) is 1.23. The van der Waals surface area contributed by atoms with Crippen molar-refractivity contribution in [2.45, 2.75) is 38.3 Å². The Hall–Kier alpha value is -1.79. The number of carbonyl (C=O) groups is 1. The van der Waals surface area contributed by atoms with Gasteiger partial charge in [-0.3, -0.25) is 9.59 Å². The van der Waals surface area contributed by atoms with Gasteiger partial charge < -0.3 is 9.88 Å². The highest BCUT2D eigenvalue weighted by Crippen LogP contribution is 2.33. The first-order valence-corrected chi connectivity index (χ1v) is 7.47. The zero-order valence-corrected chi connectivity index (χ0v) is 12.0. The van der Waals surface area contributed by atoms with Crippen LogP contribution in [0.3, 0.4) is 0 Å². The lowest BCUT2D eigenvalue weighted by molar-refractivity contribution is -0.184. The molecule has 1 N–H and O–H groups in total. The van der Waals surface area contributed by atoms with Crippen molar-refractivity contribution in [3.8, 4) is 0 Å². The van der Waals surface area contributed by atoms with Crippen molar-refractivity contribution in [3.63, 3.8) is 0 Å². The van der Waals surface area contributed by atoms with Crippen molar-refractivity contribution in [3.05, 3.63) is 33.2 Å². The zero-order chi connectivity index (χ0) is 15.9. The van der Waals surface area contributed by atoms with Crippen LogP contribution in [-0.2, 0) is 12.8 Å². The van der Waals surface area contributed by atoms with E-state index in [9.17, 15) is 22.8 Å². The molecule has 2 heterocycles. The highest BCUT2D eigenvalue weighted by atomic mass is 19.4. The molecule has 0 bridgehead atoms. The summed E-state index contributed by atoms with van der Waals surface area (Å²) in [5.74, 6) is -2.09. The zero-order valence-electron chi connectivity index (χ0n) is 12.0. The number of nitrogens with one attached hydrogen (secondary N) is 1. The number of pyridine rings is 1. The second-order valence-electron chi connectivity index (χ2n) is 6.00. The number of carbonyl (C=O) groups excluding carboxylic acids is 1. The number of nitrogens with zero attached hydrogens (tertiary/aromatic N) is 1. The second-order valence-corrected chi connectivity index (χ2v) is 6.00. The lowest BCUT2D eigenvalue weighted by Gasteiger charge is -2.33. The van der Waals surface area contributed by atoms with Gasteiger partial charge >= 0.3 is 6.18 Å². The molecule has 1 aromatic heterocycles. The number of aryl methyl sites for hydroxylation is 2. The molecule has 0 saturated carbocycles. The van der Waals surface area contributed by atoms with Crippen LogP contribution in [0.2, 0.25) is 0 Å². The molecule has 22 heavy (non-hydrogen) atoms. The number of H-pyrrole nitrogens is 1. The summed E-state index contributed by atoms with van der Waals surface area (Å²) >= 11 is 0. The van der Waals surface area contributed by atoms with Crippen LogP contribution in [0.1, 0.15) is 40.9 Å². The predicted molar refractivity (Wildman–Crippen MR) is 73.8 cm³/mol. The normalized spacial score (nSPS) is 21.8. The lowest BCUT2D eigenvalue weighted by atomic mass is 9.97. The number of aromatic amines is 1. The van der Waals surface area contributed by atoms with E-state index in [1.54, 1.807) is 6.07 Å². The summed E-state index contributed by atoms with van der Waals surface area (Å²) < 4.78 is 38.5. The Morgan fingerprint density at radius 1 is 1.27 bits per heavy atom. The molecule has 2 aliphatic rings. The van der Waals surface area contributed by atoms with Crippen LogP contribution in [0.25, 0.3) is 0 Å². The number of hydrogen-bond acceptors (Lipinski definition) is 2. The van der Waals surface area contributed by atoms with Gasteiger partial charge in [-0.2, -0.15) is 13.2 Å². The molecule has 1 aliphatic heterocycles. The van der Waals surface area contributed by atoms with E-state index in [4.69, 9.17) is 0 Å². The number of rotatable bonds is 1. The van der Waals surface area contributed by atoms with E-state index in [1.807, 2.05) is 0 Å². The minimum atomic E-state index is -4.30. The van der Waals surface area contributed by atoms with Crippen molar-refractivity contribution in [1.29, 1.82) is 0 Å². The average Bonchev–Trinajstić information content (AvgIpc) is 2.92. The maximum Gasteiger partial charge on any atom is 0.393 e. The molecule has 3 rings (SSSR count). The number of aromatic nitrogens is 1.